The number of anilines is 1. The second kappa shape index (κ2) is 5.28. The largest absolute Gasteiger partial charge is 0.383 e. The summed E-state index contributed by atoms with van der Waals surface area (Å²) in [5.74, 6) is 1.72. The van der Waals surface area contributed by atoms with Crippen LogP contribution in [0.5, 0.6) is 0 Å². The van der Waals surface area contributed by atoms with Crippen LogP contribution < -0.4 is 4.90 Å². The van der Waals surface area contributed by atoms with E-state index in [9.17, 15) is 5.11 Å². The van der Waals surface area contributed by atoms with Gasteiger partial charge >= 0.3 is 0 Å². The summed E-state index contributed by atoms with van der Waals surface area (Å²) in [5, 5.41) is 14.3. The molecular formula is C18H19N3OS. The van der Waals surface area contributed by atoms with Crippen molar-refractivity contribution < 1.29 is 5.11 Å². The van der Waals surface area contributed by atoms with Crippen molar-refractivity contribution in [1.29, 1.82) is 0 Å². The summed E-state index contributed by atoms with van der Waals surface area (Å²) in [5.41, 5.74) is 1.35. The third kappa shape index (κ3) is 2.40. The number of fused-ring (bicyclic) bond motifs is 1. The molecule has 3 aromatic rings. The first-order valence-corrected chi connectivity index (χ1v) is 8.70. The number of aliphatic hydroxyl groups is 1. The van der Waals surface area contributed by atoms with Gasteiger partial charge in [0, 0.05) is 6.54 Å². The van der Waals surface area contributed by atoms with Gasteiger partial charge in [-0.1, -0.05) is 24.3 Å². The van der Waals surface area contributed by atoms with Crippen LogP contribution in [0.2, 0.25) is 0 Å². The minimum Gasteiger partial charge on any atom is -0.383 e. The number of rotatable bonds is 2. The third-order valence-corrected chi connectivity index (χ3v) is 5.42. The highest BCUT2D eigenvalue weighted by Gasteiger charge is 2.39. The number of aryl methyl sites for hydroxylation is 2. The number of thiophene rings is 1. The maximum absolute atomic E-state index is 11.2. The van der Waals surface area contributed by atoms with E-state index in [1.807, 2.05) is 30.5 Å². The molecule has 0 aliphatic carbocycles. The van der Waals surface area contributed by atoms with Crippen LogP contribution in [-0.4, -0.2) is 28.2 Å². The van der Waals surface area contributed by atoms with E-state index < -0.39 is 5.60 Å². The van der Waals surface area contributed by atoms with Gasteiger partial charge in [-0.15, -0.1) is 11.3 Å². The predicted octanol–water partition coefficient (Wildman–Crippen LogP) is 3.41. The Bertz CT molecular complexity index is 876. The molecule has 0 amide bonds. The summed E-state index contributed by atoms with van der Waals surface area (Å²) in [6, 6.07) is 10.2. The number of hydrogen-bond acceptors (Lipinski definition) is 5. The van der Waals surface area contributed by atoms with Crippen molar-refractivity contribution in [1.82, 2.24) is 9.97 Å². The number of aromatic nitrogens is 2. The SMILES string of the molecule is Cc1nc(N2CCC(O)(c3ccccc3C)C2)c2ccsc2n1. The average Bonchev–Trinajstić information content (AvgIpc) is 3.14. The summed E-state index contributed by atoms with van der Waals surface area (Å²) >= 11 is 1.63. The molecule has 0 spiro atoms. The normalized spacial score (nSPS) is 21.3. The molecule has 118 valence electrons. The lowest BCUT2D eigenvalue weighted by Crippen LogP contribution is -2.32. The highest BCUT2D eigenvalue weighted by Crippen LogP contribution is 2.38. The second-order valence-corrected chi connectivity index (χ2v) is 7.15. The van der Waals surface area contributed by atoms with E-state index in [4.69, 9.17) is 0 Å². The average molecular weight is 325 g/mol. The van der Waals surface area contributed by atoms with Gasteiger partial charge in [-0.05, 0) is 42.8 Å². The molecule has 0 bridgehead atoms. The quantitative estimate of drug-likeness (QED) is 0.784. The molecule has 1 fully saturated rings. The second-order valence-electron chi connectivity index (χ2n) is 6.25. The van der Waals surface area contributed by atoms with Crippen molar-refractivity contribution in [2.24, 2.45) is 0 Å². The molecule has 1 N–H and O–H groups in total. The summed E-state index contributed by atoms with van der Waals surface area (Å²) in [6.07, 6.45) is 0.715. The first kappa shape index (κ1) is 14.6. The van der Waals surface area contributed by atoms with Crippen LogP contribution in [0.15, 0.2) is 35.7 Å². The molecule has 5 heteroatoms. The fraction of sp³-hybridized carbons (Fsp3) is 0.333. The monoisotopic (exact) mass is 325 g/mol. The van der Waals surface area contributed by atoms with Crippen LogP contribution in [0.1, 0.15) is 23.4 Å². The lowest BCUT2D eigenvalue weighted by molar-refractivity contribution is 0.0600. The van der Waals surface area contributed by atoms with Gasteiger partial charge in [-0.3, -0.25) is 0 Å². The molecule has 1 saturated heterocycles. The Labute approximate surface area is 139 Å². The van der Waals surface area contributed by atoms with E-state index in [2.05, 4.69) is 33.9 Å². The van der Waals surface area contributed by atoms with Crippen molar-refractivity contribution in [3.63, 3.8) is 0 Å². The highest BCUT2D eigenvalue weighted by molar-refractivity contribution is 7.16. The van der Waals surface area contributed by atoms with E-state index in [1.54, 1.807) is 11.3 Å². The van der Waals surface area contributed by atoms with Gasteiger partial charge in [-0.2, -0.15) is 0 Å². The first-order chi connectivity index (χ1) is 11.1. The highest BCUT2D eigenvalue weighted by atomic mass is 32.1. The van der Waals surface area contributed by atoms with E-state index in [0.29, 0.717) is 13.0 Å². The Morgan fingerprint density at radius 1 is 1.17 bits per heavy atom. The van der Waals surface area contributed by atoms with Crippen molar-refractivity contribution in [2.45, 2.75) is 25.9 Å². The van der Waals surface area contributed by atoms with Gasteiger partial charge in [0.2, 0.25) is 0 Å². The number of benzene rings is 1. The molecule has 4 rings (SSSR count). The zero-order valence-electron chi connectivity index (χ0n) is 13.3. The van der Waals surface area contributed by atoms with Crippen LogP contribution in [0.3, 0.4) is 0 Å². The summed E-state index contributed by atoms with van der Waals surface area (Å²) in [4.78, 5) is 12.3. The lowest BCUT2D eigenvalue weighted by Gasteiger charge is -2.26. The summed E-state index contributed by atoms with van der Waals surface area (Å²) in [6.45, 7) is 5.35. The summed E-state index contributed by atoms with van der Waals surface area (Å²) in [7, 11) is 0. The van der Waals surface area contributed by atoms with Gasteiger partial charge in [-0.25, -0.2) is 9.97 Å². The number of nitrogens with zero attached hydrogens (tertiary/aromatic N) is 3. The molecule has 1 unspecified atom stereocenters. The van der Waals surface area contributed by atoms with Crippen LogP contribution in [0.4, 0.5) is 5.82 Å². The van der Waals surface area contributed by atoms with E-state index in [1.165, 1.54) is 0 Å². The maximum atomic E-state index is 11.2. The number of hydrogen-bond donors (Lipinski definition) is 1. The summed E-state index contributed by atoms with van der Waals surface area (Å²) < 4.78 is 0. The van der Waals surface area contributed by atoms with Gasteiger partial charge in [0.05, 0.1) is 11.9 Å². The van der Waals surface area contributed by atoms with Crippen molar-refractivity contribution in [2.75, 3.05) is 18.0 Å². The fourth-order valence-electron chi connectivity index (χ4n) is 3.47. The van der Waals surface area contributed by atoms with Crippen LogP contribution in [0.25, 0.3) is 10.2 Å². The molecule has 1 aliphatic rings. The van der Waals surface area contributed by atoms with Crippen molar-refractivity contribution in [3.8, 4) is 0 Å². The Morgan fingerprint density at radius 2 is 2.00 bits per heavy atom. The lowest BCUT2D eigenvalue weighted by atomic mass is 9.89. The van der Waals surface area contributed by atoms with Gasteiger partial charge in [0.15, 0.2) is 0 Å². The molecule has 3 heterocycles. The molecule has 4 nitrogen and oxygen atoms in total. The third-order valence-electron chi connectivity index (χ3n) is 4.61. The Hall–Kier alpha value is -1.98. The van der Waals surface area contributed by atoms with Gasteiger partial charge < -0.3 is 10.0 Å². The minimum absolute atomic E-state index is 0.569. The smallest absolute Gasteiger partial charge is 0.141 e. The van der Waals surface area contributed by atoms with Crippen molar-refractivity contribution in [3.05, 3.63) is 52.7 Å². The maximum Gasteiger partial charge on any atom is 0.141 e. The fourth-order valence-corrected chi connectivity index (χ4v) is 4.28. The predicted molar refractivity (Wildman–Crippen MR) is 94.1 cm³/mol. The Kier molecular flexibility index (Phi) is 3.36. The standard InChI is InChI=1S/C18H19N3OS/c1-12-5-3-4-6-15(12)18(22)8-9-21(11-18)16-14-7-10-23-17(14)20-13(2)19-16/h3-7,10,22H,8-9,11H2,1-2H3. The molecule has 1 atom stereocenters. The Morgan fingerprint density at radius 3 is 2.83 bits per heavy atom. The Balaban J connectivity index is 1.73. The molecule has 1 aliphatic heterocycles. The van der Waals surface area contributed by atoms with Crippen LogP contribution in [0, 0.1) is 13.8 Å². The van der Waals surface area contributed by atoms with Crippen LogP contribution in [-0.2, 0) is 5.60 Å². The zero-order valence-corrected chi connectivity index (χ0v) is 14.1. The van der Waals surface area contributed by atoms with E-state index in [0.717, 1.165) is 39.5 Å². The van der Waals surface area contributed by atoms with Crippen molar-refractivity contribution >= 4 is 27.4 Å². The zero-order chi connectivity index (χ0) is 16.0. The van der Waals surface area contributed by atoms with E-state index in [-0.39, 0.29) is 0 Å². The first-order valence-electron chi connectivity index (χ1n) is 7.82. The van der Waals surface area contributed by atoms with Gasteiger partial charge in [0.25, 0.3) is 0 Å². The van der Waals surface area contributed by atoms with Gasteiger partial charge in [0.1, 0.15) is 22.1 Å². The molecule has 0 saturated carbocycles. The molecule has 0 radical (unpaired) electrons. The molecule has 2 aromatic heterocycles. The van der Waals surface area contributed by atoms with Crippen LogP contribution >= 0.6 is 11.3 Å². The number of β-amino-alcohol motifs (C(OH)–C–C–N with tert-alkyl or cyclic N) is 1. The van der Waals surface area contributed by atoms with E-state index >= 15 is 0 Å². The topological polar surface area (TPSA) is 49.2 Å². The molecule has 23 heavy (non-hydrogen) atoms. The molecule has 1 aromatic carbocycles. The molecular weight excluding hydrogens is 306 g/mol. The minimum atomic E-state index is -0.813.